The summed E-state index contributed by atoms with van der Waals surface area (Å²) < 4.78 is 1.85. The van der Waals surface area contributed by atoms with E-state index in [0.717, 1.165) is 37.2 Å². The van der Waals surface area contributed by atoms with E-state index in [1.54, 1.807) is 24.2 Å². The molecule has 0 saturated heterocycles. The van der Waals surface area contributed by atoms with Crippen LogP contribution in [-0.4, -0.2) is 39.2 Å². The fourth-order valence-electron chi connectivity index (χ4n) is 2.57. The Kier molecular flexibility index (Phi) is 7.82. The fourth-order valence-corrected chi connectivity index (χ4v) is 2.87. The largest absolute Gasteiger partial charge is 0.355 e. The van der Waals surface area contributed by atoms with Crippen molar-refractivity contribution >= 4 is 17.7 Å². The predicted molar refractivity (Wildman–Crippen MR) is 99.5 cm³/mol. The maximum Gasteiger partial charge on any atom is 0.220 e. The lowest BCUT2D eigenvalue weighted by molar-refractivity contribution is -0.121. The molecular weight excluding hydrogens is 320 g/mol. The van der Waals surface area contributed by atoms with Gasteiger partial charge in [-0.05, 0) is 42.7 Å². The van der Waals surface area contributed by atoms with E-state index in [1.165, 1.54) is 5.56 Å². The van der Waals surface area contributed by atoms with Crippen LogP contribution in [0.5, 0.6) is 0 Å². The van der Waals surface area contributed by atoms with Crippen LogP contribution < -0.4 is 5.32 Å². The van der Waals surface area contributed by atoms with Crippen molar-refractivity contribution < 1.29 is 4.79 Å². The van der Waals surface area contributed by atoms with Gasteiger partial charge in [-0.15, -0.1) is 0 Å². The molecule has 130 valence electrons. The van der Waals surface area contributed by atoms with Gasteiger partial charge < -0.3 is 5.32 Å². The number of aryl methyl sites for hydroxylation is 1. The first kappa shape index (κ1) is 18.5. The SMILES string of the molecule is CCC(CCc1cnn(-c2cccnc2)c1)CC(=O)NCCSC. The molecule has 24 heavy (non-hydrogen) atoms. The zero-order valence-electron chi connectivity index (χ0n) is 14.4. The summed E-state index contributed by atoms with van der Waals surface area (Å²) in [6.45, 7) is 2.91. The average Bonchev–Trinajstić information content (AvgIpc) is 3.08. The Bertz CT molecular complexity index is 614. The standard InChI is InChI=1S/C18H26N4OS/c1-3-15(11-18(23)20-9-10-24-2)6-7-16-12-21-22(14-16)17-5-4-8-19-13-17/h4-5,8,12-15H,3,6-7,9-11H2,1-2H3,(H,20,23). The molecule has 1 unspecified atom stereocenters. The van der Waals surface area contributed by atoms with E-state index in [2.05, 4.69) is 22.3 Å². The van der Waals surface area contributed by atoms with Crippen LogP contribution in [0.1, 0.15) is 31.7 Å². The number of hydrogen-bond donors (Lipinski definition) is 1. The van der Waals surface area contributed by atoms with Crippen molar-refractivity contribution in [3.63, 3.8) is 0 Å². The molecule has 0 spiro atoms. The van der Waals surface area contributed by atoms with Crippen molar-refractivity contribution in [2.75, 3.05) is 18.6 Å². The van der Waals surface area contributed by atoms with Gasteiger partial charge in [0.15, 0.2) is 0 Å². The lowest BCUT2D eigenvalue weighted by Crippen LogP contribution is -2.27. The molecule has 0 fully saturated rings. The molecule has 5 nitrogen and oxygen atoms in total. The highest BCUT2D eigenvalue weighted by Crippen LogP contribution is 2.17. The lowest BCUT2D eigenvalue weighted by Gasteiger charge is -2.14. The summed E-state index contributed by atoms with van der Waals surface area (Å²) in [5, 5.41) is 7.39. The summed E-state index contributed by atoms with van der Waals surface area (Å²) >= 11 is 1.75. The van der Waals surface area contributed by atoms with Crippen LogP contribution in [0.2, 0.25) is 0 Å². The predicted octanol–water partition coefficient (Wildman–Crippen LogP) is 3.10. The molecule has 0 radical (unpaired) electrons. The number of carbonyl (C=O) groups excluding carboxylic acids is 1. The Morgan fingerprint density at radius 1 is 1.42 bits per heavy atom. The molecule has 1 atom stereocenters. The normalized spacial score (nSPS) is 12.1. The molecule has 6 heteroatoms. The van der Waals surface area contributed by atoms with Gasteiger partial charge >= 0.3 is 0 Å². The quantitative estimate of drug-likeness (QED) is 0.672. The maximum absolute atomic E-state index is 11.9. The minimum atomic E-state index is 0.168. The summed E-state index contributed by atoms with van der Waals surface area (Å²) in [7, 11) is 0. The number of thioether (sulfide) groups is 1. The molecule has 1 amide bonds. The van der Waals surface area contributed by atoms with Crippen LogP contribution in [0.4, 0.5) is 0 Å². The van der Waals surface area contributed by atoms with Gasteiger partial charge in [0.2, 0.25) is 5.91 Å². The van der Waals surface area contributed by atoms with Crippen molar-refractivity contribution in [2.24, 2.45) is 5.92 Å². The second-order valence-electron chi connectivity index (χ2n) is 5.86. The van der Waals surface area contributed by atoms with Gasteiger partial charge in [0.1, 0.15) is 0 Å². The second kappa shape index (κ2) is 10.1. The Morgan fingerprint density at radius 2 is 2.29 bits per heavy atom. The van der Waals surface area contributed by atoms with Crippen LogP contribution >= 0.6 is 11.8 Å². The highest BCUT2D eigenvalue weighted by molar-refractivity contribution is 7.98. The molecule has 0 aliphatic heterocycles. The van der Waals surface area contributed by atoms with E-state index in [1.807, 2.05) is 35.5 Å². The molecule has 0 bridgehead atoms. The number of nitrogens with one attached hydrogen (secondary N) is 1. The van der Waals surface area contributed by atoms with E-state index in [4.69, 9.17) is 0 Å². The first-order valence-corrected chi connectivity index (χ1v) is 9.82. The molecule has 2 heterocycles. The third-order valence-corrected chi connectivity index (χ3v) is 4.68. The average molecular weight is 347 g/mol. The van der Waals surface area contributed by atoms with Gasteiger partial charge in [0, 0.05) is 31.1 Å². The van der Waals surface area contributed by atoms with Gasteiger partial charge in [-0.1, -0.05) is 13.3 Å². The molecule has 0 aliphatic carbocycles. The number of hydrogen-bond acceptors (Lipinski definition) is 4. The van der Waals surface area contributed by atoms with Crippen LogP contribution in [-0.2, 0) is 11.2 Å². The number of aromatic nitrogens is 3. The van der Waals surface area contributed by atoms with E-state index >= 15 is 0 Å². The molecule has 0 aliphatic rings. The third-order valence-electron chi connectivity index (χ3n) is 4.07. The van der Waals surface area contributed by atoms with Crippen molar-refractivity contribution in [2.45, 2.75) is 32.6 Å². The van der Waals surface area contributed by atoms with Gasteiger partial charge in [0.25, 0.3) is 0 Å². The second-order valence-corrected chi connectivity index (χ2v) is 6.85. The van der Waals surface area contributed by atoms with Gasteiger partial charge in [-0.2, -0.15) is 16.9 Å². The zero-order chi connectivity index (χ0) is 17.2. The molecule has 1 N–H and O–H groups in total. The number of rotatable bonds is 10. The summed E-state index contributed by atoms with van der Waals surface area (Å²) in [4.78, 5) is 16.1. The van der Waals surface area contributed by atoms with E-state index in [0.29, 0.717) is 12.3 Å². The van der Waals surface area contributed by atoms with E-state index in [-0.39, 0.29) is 5.91 Å². The summed E-state index contributed by atoms with van der Waals surface area (Å²) in [6.07, 6.45) is 13.1. The molecule has 0 saturated carbocycles. The van der Waals surface area contributed by atoms with Gasteiger partial charge in [-0.3, -0.25) is 9.78 Å². The van der Waals surface area contributed by atoms with Crippen molar-refractivity contribution in [1.82, 2.24) is 20.1 Å². The molecule has 2 rings (SSSR count). The van der Waals surface area contributed by atoms with Crippen LogP contribution in [0.15, 0.2) is 36.9 Å². The third kappa shape index (κ3) is 6.00. The van der Waals surface area contributed by atoms with E-state index in [9.17, 15) is 4.79 Å². The van der Waals surface area contributed by atoms with E-state index < -0.39 is 0 Å². The Labute approximate surface area is 148 Å². The van der Waals surface area contributed by atoms with Crippen molar-refractivity contribution in [3.8, 4) is 5.69 Å². The molecule has 2 aromatic rings. The number of nitrogens with zero attached hydrogens (tertiary/aromatic N) is 3. The highest BCUT2D eigenvalue weighted by atomic mass is 32.2. The summed E-state index contributed by atoms with van der Waals surface area (Å²) in [6, 6.07) is 3.89. The van der Waals surface area contributed by atoms with Crippen LogP contribution in [0.25, 0.3) is 5.69 Å². The number of amides is 1. The molecule has 0 aromatic carbocycles. The van der Waals surface area contributed by atoms with Crippen molar-refractivity contribution in [3.05, 3.63) is 42.5 Å². The van der Waals surface area contributed by atoms with Gasteiger partial charge in [-0.25, -0.2) is 4.68 Å². The highest BCUT2D eigenvalue weighted by Gasteiger charge is 2.12. The fraction of sp³-hybridized carbons (Fsp3) is 0.500. The summed E-state index contributed by atoms with van der Waals surface area (Å²) in [5.41, 5.74) is 2.16. The van der Waals surface area contributed by atoms with Crippen LogP contribution in [0.3, 0.4) is 0 Å². The smallest absolute Gasteiger partial charge is 0.220 e. The minimum absolute atomic E-state index is 0.168. The Balaban J connectivity index is 1.81. The monoisotopic (exact) mass is 346 g/mol. The maximum atomic E-state index is 11.9. The number of pyridine rings is 1. The zero-order valence-corrected chi connectivity index (χ0v) is 15.3. The Morgan fingerprint density at radius 3 is 3.00 bits per heavy atom. The molecular formula is C18H26N4OS. The Hall–Kier alpha value is -1.82. The number of carbonyl (C=O) groups is 1. The lowest BCUT2D eigenvalue weighted by atomic mass is 9.95. The molecule has 2 aromatic heterocycles. The first-order chi connectivity index (χ1) is 11.7. The first-order valence-electron chi connectivity index (χ1n) is 8.42. The summed E-state index contributed by atoms with van der Waals surface area (Å²) in [5.74, 6) is 1.55. The topological polar surface area (TPSA) is 59.8 Å². The van der Waals surface area contributed by atoms with Crippen molar-refractivity contribution in [1.29, 1.82) is 0 Å². The van der Waals surface area contributed by atoms with Crippen LogP contribution in [0, 0.1) is 5.92 Å². The van der Waals surface area contributed by atoms with Gasteiger partial charge in [0.05, 0.1) is 18.1 Å². The minimum Gasteiger partial charge on any atom is -0.355 e.